The Morgan fingerprint density at radius 2 is 1.54 bits per heavy atom. The number of nitrogens with zero attached hydrogens (tertiary/aromatic N) is 3. The third-order valence-electron chi connectivity index (χ3n) is 3.43. The van der Waals surface area contributed by atoms with E-state index in [-0.39, 0.29) is 5.95 Å². The quantitative estimate of drug-likeness (QED) is 0.729. The van der Waals surface area contributed by atoms with E-state index in [1.165, 1.54) is 5.56 Å². The van der Waals surface area contributed by atoms with Crippen LogP contribution in [0.1, 0.15) is 17.0 Å². The van der Waals surface area contributed by atoms with Crippen molar-refractivity contribution in [3.63, 3.8) is 0 Å². The molecule has 0 saturated carbocycles. The van der Waals surface area contributed by atoms with Crippen molar-refractivity contribution in [1.82, 2.24) is 15.0 Å². The molecule has 5 heteroatoms. The van der Waals surface area contributed by atoms with Crippen molar-refractivity contribution in [2.45, 2.75) is 6.42 Å². The molecular formula is C19H19N5. The Morgan fingerprint density at radius 1 is 0.833 bits per heavy atom. The highest BCUT2D eigenvalue weighted by molar-refractivity contribution is 5.67. The summed E-state index contributed by atoms with van der Waals surface area (Å²) in [5.41, 5.74) is 8.11. The van der Waals surface area contributed by atoms with Crippen LogP contribution in [0.3, 0.4) is 0 Å². The second-order valence-corrected chi connectivity index (χ2v) is 5.28. The van der Waals surface area contributed by atoms with Crippen LogP contribution in [-0.4, -0.2) is 21.5 Å². The zero-order valence-electron chi connectivity index (χ0n) is 13.3. The fourth-order valence-electron chi connectivity index (χ4n) is 2.26. The number of hydrogen-bond donors (Lipinski definition) is 2. The van der Waals surface area contributed by atoms with Gasteiger partial charge < -0.3 is 11.1 Å². The van der Waals surface area contributed by atoms with E-state index >= 15 is 0 Å². The van der Waals surface area contributed by atoms with Crippen LogP contribution in [0.2, 0.25) is 0 Å². The van der Waals surface area contributed by atoms with Crippen molar-refractivity contribution in [2.75, 3.05) is 17.6 Å². The van der Waals surface area contributed by atoms with E-state index in [1.54, 1.807) is 0 Å². The van der Waals surface area contributed by atoms with Gasteiger partial charge in [0, 0.05) is 6.54 Å². The van der Waals surface area contributed by atoms with E-state index in [9.17, 15) is 0 Å². The normalized spacial score (nSPS) is 10.8. The molecule has 2 aromatic carbocycles. The van der Waals surface area contributed by atoms with Crippen molar-refractivity contribution in [2.24, 2.45) is 0 Å². The molecule has 3 aromatic rings. The summed E-state index contributed by atoms with van der Waals surface area (Å²) in [4.78, 5) is 12.7. The first-order valence-electron chi connectivity index (χ1n) is 7.82. The Kier molecular flexibility index (Phi) is 5.14. The molecule has 0 atom stereocenters. The van der Waals surface area contributed by atoms with Crippen molar-refractivity contribution >= 4 is 24.0 Å². The van der Waals surface area contributed by atoms with E-state index in [0.717, 1.165) is 18.5 Å². The highest BCUT2D eigenvalue weighted by Gasteiger charge is 2.02. The third kappa shape index (κ3) is 4.64. The Hall–Kier alpha value is -3.21. The second kappa shape index (κ2) is 7.87. The van der Waals surface area contributed by atoms with Gasteiger partial charge in [-0.1, -0.05) is 66.7 Å². The lowest BCUT2D eigenvalue weighted by molar-refractivity contribution is 0.962. The lowest BCUT2D eigenvalue weighted by atomic mass is 10.1. The molecule has 3 rings (SSSR count). The number of hydrogen-bond acceptors (Lipinski definition) is 5. The molecule has 0 aliphatic heterocycles. The zero-order chi connectivity index (χ0) is 16.6. The molecule has 0 spiro atoms. The maximum absolute atomic E-state index is 5.78. The Balaban J connectivity index is 1.64. The SMILES string of the molecule is Nc1nc(/C=C/c2ccccc2)nc(NCCc2ccccc2)n1. The number of nitrogens with two attached hydrogens (primary N) is 1. The average molecular weight is 317 g/mol. The van der Waals surface area contributed by atoms with Gasteiger partial charge in [0.2, 0.25) is 11.9 Å². The largest absolute Gasteiger partial charge is 0.368 e. The number of benzene rings is 2. The predicted molar refractivity (Wildman–Crippen MR) is 98.2 cm³/mol. The first kappa shape index (κ1) is 15.7. The molecular weight excluding hydrogens is 298 g/mol. The first-order chi connectivity index (χ1) is 11.8. The predicted octanol–water partition coefficient (Wildman–Crippen LogP) is 3.28. The lowest BCUT2D eigenvalue weighted by Gasteiger charge is -2.06. The van der Waals surface area contributed by atoms with Gasteiger partial charge in [-0.05, 0) is 23.6 Å². The number of nitrogen functional groups attached to an aromatic ring is 1. The number of anilines is 2. The molecule has 0 radical (unpaired) electrons. The van der Waals surface area contributed by atoms with Crippen LogP contribution in [0, 0.1) is 0 Å². The van der Waals surface area contributed by atoms with Crippen molar-refractivity contribution in [3.8, 4) is 0 Å². The first-order valence-corrected chi connectivity index (χ1v) is 7.82. The minimum absolute atomic E-state index is 0.208. The Morgan fingerprint density at radius 3 is 2.29 bits per heavy atom. The van der Waals surface area contributed by atoms with E-state index < -0.39 is 0 Å². The monoisotopic (exact) mass is 317 g/mol. The van der Waals surface area contributed by atoms with Gasteiger partial charge in [0.05, 0.1) is 0 Å². The number of aromatic nitrogens is 3. The van der Waals surface area contributed by atoms with Crippen molar-refractivity contribution < 1.29 is 0 Å². The summed E-state index contributed by atoms with van der Waals surface area (Å²) in [7, 11) is 0. The summed E-state index contributed by atoms with van der Waals surface area (Å²) >= 11 is 0. The molecule has 0 amide bonds. The maximum Gasteiger partial charge on any atom is 0.228 e. The summed E-state index contributed by atoms with van der Waals surface area (Å²) in [5, 5.41) is 3.20. The molecule has 0 unspecified atom stereocenters. The minimum atomic E-state index is 0.208. The molecule has 1 heterocycles. The van der Waals surface area contributed by atoms with Crippen molar-refractivity contribution in [3.05, 3.63) is 77.6 Å². The Bertz CT molecular complexity index is 801. The van der Waals surface area contributed by atoms with Gasteiger partial charge in [-0.25, -0.2) is 0 Å². The van der Waals surface area contributed by atoms with Gasteiger partial charge in [0.1, 0.15) is 0 Å². The molecule has 0 saturated heterocycles. The van der Waals surface area contributed by atoms with E-state index in [0.29, 0.717) is 11.8 Å². The van der Waals surface area contributed by atoms with Crippen LogP contribution in [0.4, 0.5) is 11.9 Å². The lowest BCUT2D eigenvalue weighted by Crippen LogP contribution is -2.11. The van der Waals surface area contributed by atoms with E-state index in [4.69, 9.17) is 5.73 Å². The molecule has 0 aliphatic rings. The number of rotatable bonds is 6. The summed E-state index contributed by atoms with van der Waals surface area (Å²) in [5.74, 6) is 1.24. The van der Waals surface area contributed by atoms with E-state index in [2.05, 4.69) is 32.4 Å². The third-order valence-corrected chi connectivity index (χ3v) is 3.43. The highest BCUT2D eigenvalue weighted by atomic mass is 15.2. The molecule has 0 aliphatic carbocycles. The minimum Gasteiger partial charge on any atom is -0.368 e. The topological polar surface area (TPSA) is 76.7 Å². The van der Waals surface area contributed by atoms with Crippen LogP contribution in [0.5, 0.6) is 0 Å². The smallest absolute Gasteiger partial charge is 0.228 e. The van der Waals surface area contributed by atoms with E-state index in [1.807, 2.05) is 60.7 Å². The molecule has 1 aromatic heterocycles. The van der Waals surface area contributed by atoms with Gasteiger partial charge in [-0.2, -0.15) is 15.0 Å². The summed E-state index contributed by atoms with van der Waals surface area (Å²) < 4.78 is 0. The van der Waals surface area contributed by atoms with Crippen LogP contribution in [0.25, 0.3) is 12.2 Å². The van der Waals surface area contributed by atoms with Crippen LogP contribution in [-0.2, 0) is 6.42 Å². The Labute approximate surface area is 141 Å². The van der Waals surface area contributed by atoms with Crippen LogP contribution < -0.4 is 11.1 Å². The maximum atomic E-state index is 5.78. The molecule has 120 valence electrons. The standard InChI is InChI=1S/C19H19N5/c20-18-22-17(12-11-15-7-3-1-4-8-15)23-19(24-18)21-14-13-16-9-5-2-6-10-16/h1-12H,13-14H2,(H3,20,21,22,23,24)/b12-11+. The second-order valence-electron chi connectivity index (χ2n) is 5.28. The van der Waals surface area contributed by atoms with Gasteiger partial charge in [-0.3, -0.25) is 0 Å². The average Bonchev–Trinajstić information content (AvgIpc) is 2.61. The fraction of sp³-hybridized carbons (Fsp3) is 0.105. The zero-order valence-corrected chi connectivity index (χ0v) is 13.3. The van der Waals surface area contributed by atoms with Gasteiger partial charge in [-0.15, -0.1) is 0 Å². The summed E-state index contributed by atoms with van der Waals surface area (Å²) in [6.07, 6.45) is 4.67. The fourth-order valence-corrected chi connectivity index (χ4v) is 2.26. The van der Waals surface area contributed by atoms with Gasteiger partial charge >= 0.3 is 0 Å². The summed E-state index contributed by atoms with van der Waals surface area (Å²) in [6, 6.07) is 20.2. The molecule has 5 nitrogen and oxygen atoms in total. The van der Waals surface area contributed by atoms with Crippen LogP contribution >= 0.6 is 0 Å². The molecule has 3 N–H and O–H groups in total. The van der Waals surface area contributed by atoms with Gasteiger partial charge in [0.25, 0.3) is 0 Å². The van der Waals surface area contributed by atoms with Crippen molar-refractivity contribution in [1.29, 1.82) is 0 Å². The van der Waals surface area contributed by atoms with Crippen LogP contribution in [0.15, 0.2) is 60.7 Å². The number of nitrogens with one attached hydrogen (secondary N) is 1. The van der Waals surface area contributed by atoms with Gasteiger partial charge in [0.15, 0.2) is 5.82 Å². The molecule has 0 fully saturated rings. The highest BCUT2D eigenvalue weighted by Crippen LogP contribution is 2.08. The molecule has 24 heavy (non-hydrogen) atoms. The summed E-state index contributed by atoms with van der Waals surface area (Å²) in [6.45, 7) is 0.731. The molecule has 0 bridgehead atoms.